The molecule has 4 heterocycles. The zero-order valence-electron chi connectivity index (χ0n) is 19.3. The third kappa shape index (κ3) is 3.59. The summed E-state index contributed by atoms with van der Waals surface area (Å²) in [7, 11) is 0. The van der Waals surface area contributed by atoms with Crippen molar-refractivity contribution >= 4 is 11.5 Å². The predicted octanol–water partition coefficient (Wildman–Crippen LogP) is 3.14. The molecule has 0 spiro atoms. The molecule has 0 saturated carbocycles. The van der Waals surface area contributed by atoms with Gasteiger partial charge in [0.1, 0.15) is 22.9 Å². The zero-order chi connectivity index (χ0) is 22.9. The lowest BCUT2D eigenvalue weighted by molar-refractivity contribution is -0.0797. The number of unbranched alkanes of at least 4 members (excludes halogenated alkanes) is 1. The molecule has 2 aliphatic heterocycles. The third-order valence-electron chi connectivity index (χ3n) is 6.43. The third-order valence-corrected chi connectivity index (χ3v) is 6.43. The molecule has 0 aliphatic carbocycles. The summed E-state index contributed by atoms with van der Waals surface area (Å²) in [6.45, 7) is 10.9. The van der Waals surface area contributed by atoms with Crippen molar-refractivity contribution in [3.05, 3.63) is 33.9 Å². The number of pyridine rings is 1. The van der Waals surface area contributed by atoms with Crippen LogP contribution in [0.3, 0.4) is 0 Å². The van der Waals surface area contributed by atoms with Gasteiger partial charge in [0, 0.05) is 31.4 Å². The Hall–Kier alpha value is -2.78. The number of H-pyrrole nitrogens is 1. The fraction of sp³-hybridized carbons (Fsp3) is 0.565. The van der Waals surface area contributed by atoms with Crippen molar-refractivity contribution in [3.63, 3.8) is 0 Å². The zero-order valence-corrected chi connectivity index (χ0v) is 19.3. The second-order valence-electron chi connectivity index (χ2n) is 8.34. The molecule has 1 saturated heterocycles. The van der Waals surface area contributed by atoms with Gasteiger partial charge < -0.3 is 15.1 Å². The molecule has 32 heavy (non-hydrogen) atoms. The van der Waals surface area contributed by atoms with E-state index in [0.717, 1.165) is 45.3 Å². The summed E-state index contributed by atoms with van der Waals surface area (Å²) in [5, 5.41) is 2.10. The molecule has 2 N–H and O–H groups in total. The lowest BCUT2D eigenvalue weighted by Gasteiger charge is -2.49. The van der Waals surface area contributed by atoms with E-state index in [1.807, 2.05) is 0 Å². The maximum Gasteiger partial charge on any atom is 0.276 e. The van der Waals surface area contributed by atoms with Crippen LogP contribution in [0.5, 0.6) is 5.88 Å². The predicted molar refractivity (Wildman–Crippen MR) is 123 cm³/mol. The van der Waals surface area contributed by atoms with Crippen LogP contribution in [0.25, 0.3) is 11.4 Å². The number of aromatic amines is 1. The Morgan fingerprint density at radius 3 is 2.66 bits per heavy atom. The molecule has 172 valence electrons. The second-order valence-corrected chi connectivity index (χ2v) is 8.34. The Morgan fingerprint density at radius 1 is 1.28 bits per heavy atom. The summed E-state index contributed by atoms with van der Waals surface area (Å²) in [6.07, 6.45) is 5.29. The van der Waals surface area contributed by atoms with Crippen molar-refractivity contribution in [1.29, 1.82) is 0 Å². The van der Waals surface area contributed by atoms with Gasteiger partial charge in [0.25, 0.3) is 5.56 Å². The van der Waals surface area contributed by atoms with Crippen LogP contribution in [-0.2, 0) is 5.66 Å². The Morgan fingerprint density at radius 2 is 2.06 bits per heavy atom. The molecule has 0 radical (unpaired) electrons. The molecule has 2 aromatic heterocycles. The first-order valence-corrected chi connectivity index (χ1v) is 11.5. The van der Waals surface area contributed by atoms with Gasteiger partial charge in [-0.15, -0.1) is 0 Å². The Kier molecular flexibility index (Phi) is 6.30. The van der Waals surface area contributed by atoms with Crippen LogP contribution in [0.2, 0.25) is 0 Å². The van der Waals surface area contributed by atoms with E-state index < -0.39 is 5.66 Å². The number of carbonyl (C=O) groups excluding carboxylic acids is 1. The number of fused-ring (bicyclic) bond motifs is 1. The van der Waals surface area contributed by atoms with Gasteiger partial charge in [-0.05, 0) is 32.3 Å². The van der Waals surface area contributed by atoms with E-state index in [-0.39, 0.29) is 11.3 Å². The number of nitrogens with one attached hydrogen (secondary N) is 2. The summed E-state index contributed by atoms with van der Waals surface area (Å²) >= 11 is 0. The van der Waals surface area contributed by atoms with Crippen LogP contribution in [-0.4, -0.2) is 56.9 Å². The molecular weight excluding hydrogens is 408 g/mol. The smallest absolute Gasteiger partial charge is 0.276 e. The number of Topliss-reactive ketones (excluding diaryl/α,β-unsaturated/α-hetero) is 1. The summed E-state index contributed by atoms with van der Waals surface area (Å²) < 4.78 is 5.91. The highest BCUT2D eigenvalue weighted by Crippen LogP contribution is 2.45. The average Bonchev–Trinajstić information content (AvgIpc) is 3.07. The molecule has 0 bridgehead atoms. The minimum absolute atomic E-state index is 0.107. The first kappa shape index (κ1) is 22.4. The number of ketones is 1. The Balaban J connectivity index is 1.87. The summed E-state index contributed by atoms with van der Waals surface area (Å²) in [4.78, 5) is 39.8. The molecule has 0 amide bonds. The summed E-state index contributed by atoms with van der Waals surface area (Å²) in [6, 6.07) is 1.71. The minimum Gasteiger partial charge on any atom is -0.477 e. The molecule has 2 aliphatic rings. The largest absolute Gasteiger partial charge is 0.477 e. The molecule has 9 nitrogen and oxygen atoms in total. The van der Waals surface area contributed by atoms with Gasteiger partial charge in [-0.1, -0.05) is 27.2 Å². The normalized spacial score (nSPS) is 20.5. The van der Waals surface area contributed by atoms with Crippen molar-refractivity contribution in [1.82, 2.24) is 24.9 Å². The highest BCUT2D eigenvalue weighted by molar-refractivity contribution is 5.95. The average molecular weight is 441 g/mol. The first-order valence-electron chi connectivity index (χ1n) is 11.5. The van der Waals surface area contributed by atoms with Gasteiger partial charge in [-0.25, -0.2) is 9.97 Å². The minimum atomic E-state index is -0.486. The van der Waals surface area contributed by atoms with Crippen LogP contribution < -0.4 is 15.7 Å². The fourth-order valence-electron chi connectivity index (χ4n) is 4.52. The highest BCUT2D eigenvalue weighted by Gasteiger charge is 2.52. The van der Waals surface area contributed by atoms with Gasteiger partial charge in [0.15, 0.2) is 5.78 Å². The van der Waals surface area contributed by atoms with E-state index in [9.17, 15) is 9.59 Å². The lowest BCUT2D eigenvalue weighted by atomic mass is 9.95. The van der Waals surface area contributed by atoms with Crippen LogP contribution in [0.4, 0.5) is 5.69 Å². The van der Waals surface area contributed by atoms with Crippen LogP contribution >= 0.6 is 0 Å². The standard InChI is InChI=1S/C23H32N6O3/c1-5-8-12-32-22-17(13-16(14-24-22)15(4)30)20-25-19-18(21(31)26-20)27-29(7-3)23(19,6-2)28-10-9-11-28/h13-14,27H,5-12H2,1-4H3,(H,25,26,31). The molecular formula is C23H32N6O3. The quantitative estimate of drug-likeness (QED) is 0.453. The number of carbonyl (C=O) groups is 1. The number of ether oxygens (including phenoxy) is 1. The topological polar surface area (TPSA) is 103 Å². The number of aromatic nitrogens is 3. The van der Waals surface area contributed by atoms with Crippen LogP contribution in [0, 0.1) is 0 Å². The van der Waals surface area contributed by atoms with E-state index in [1.54, 1.807) is 6.07 Å². The monoisotopic (exact) mass is 440 g/mol. The van der Waals surface area contributed by atoms with Crippen molar-refractivity contribution in [3.8, 4) is 17.3 Å². The van der Waals surface area contributed by atoms with Crippen molar-refractivity contribution in [2.45, 2.75) is 59.0 Å². The second kappa shape index (κ2) is 8.99. The fourth-order valence-corrected chi connectivity index (χ4v) is 4.52. The van der Waals surface area contributed by atoms with Gasteiger partial charge in [0.05, 0.1) is 12.2 Å². The Labute approximate surface area is 188 Å². The SMILES string of the molecule is CCCCOc1ncc(C(C)=O)cc1-c1nc2c(c(=O)[nH]1)NN(CC)C2(CC)N1CCC1. The first-order chi connectivity index (χ1) is 15.5. The molecule has 1 unspecified atom stereocenters. The summed E-state index contributed by atoms with van der Waals surface area (Å²) in [5.41, 5.74) is 4.73. The van der Waals surface area contributed by atoms with E-state index in [4.69, 9.17) is 9.72 Å². The Bertz CT molecular complexity index is 1060. The number of likely N-dealkylation sites (tertiary alicyclic amines) is 1. The van der Waals surface area contributed by atoms with E-state index in [1.165, 1.54) is 13.1 Å². The number of anilines is 1. The van der Waals surface area contributed by atoms with Gasteiger partial charge in [-0.3, -0.25) is 14.5 Å². The molecule has 0 aromatic carbocycles. The van der Waals surface area contributed by atoms with Crippen LogP contribution in [0.15, 0.2) is 17.1 Å². The number of hydrazine groups is 1. The molecule has 9 heteroatoms. The number of hydrogen-bond acceptors (Lipinski definition) is 8. The maximum atomic E-state index is 13.2. The van der Waals surface area contributed by atoms with Gasteiger partial charge in [0.2, 0.25) is 5.88 Å². The highest BCUT2D eigenvalue weighted by atomic mass is 16.5. The van der Waals surface area contributed by atoms with Crippen LogP contribution in [0.1, 0.15) is 69.4 Å². The van der Waals surface area contributed by atoms with E-state index >= 15 is 0 Å². The number of rotatable bonds is 9. The summed E-state index contributed by atoms with van der Waals surface area (Å²) in [5.74, 6) is 0.634. The number of nitrogens with zero attached hydrogens (tertiary/aromatic N) is 4. The van der Waals surface area contributed by atoms with E-state index in [0.29, 0.717) is 40.8 Å². The van der Waals surface area contributed by atoms with Crippen molar-refractivity contribution in [2.24, 2.45) is 0 Å². The maximum absolute atomic E-state index is 13.2. The number of hydrogen-bond donors (Lipinski definition) is 2. The lowest BCUT2D eigenvalue weighted by Crippen LogP contribution is -2.60. The molecule has 2 aromatic rings. The van der Waals surface area contributed by atoms with Gasteiger partial charge >= 0.3 is 0 Å². The molecule has 4 rings (SSSR count). The van der Waals surface area contributed by atoms with E-state index in [2.05, 4.69) is 46.1 Å². The van der Waals surface area contributed by atoms with Crippen molar-refractivity contribution < 1.29 is 9.53 Å². The molecule has 1 atom stereocenters. The van der Waals surface area contributed by atoms with Crippen molar-refractivity contribution in [2.75, 3.05) is 31.7 Å². The van der Waals surface area contributed by atoms with Gasteiger partial charge in [-0.2, -0.15) is 5.01 Å². The molecule has 1 fully saturated rings.